The second-order valence-corrected chi connectivity index (χ2v) is 13.7. The number of benzene rings is 1. The molecule has 14 heteroatoms. The highest BCUT2D eigenvalue weighted by Crippen LogP contribution is 2.33. The first kappa shape index (κ1) is 29.0. The van der Waals surface area contributed by atoms with Crippen LogP contribution in [0.1, 0.15) is 17.5 Å². The number of fused-ring (bicyclic) bond motifs is 2. The molecule has 0 amide bonds. The molecule has 0 unspecified atom stereocenters. The normalized spacial score (nSPS) is 15.4. The number of halogens is 3. The Kier molecular flexibility index (Phi) is 7.12. The van der Waals surface area contributed by atoms with Crippen molar-refractivity contribution < 1.29 is 21.6 Å². The summed E-state index contributed by atoms with van der Waals surface area (Å²) in [7, 11) is -3.22. The van der Waals surface area contributed by atoms with Gasteiger partial charge in [-0.2, -0.15) is 5.10 Å². The average molecular weight is 633 g/mol. The Hall–Kier alpha value is -4.69. The van der Waals surface area contributed by atoms with E-state index >= 15 is 0 Å². The summed E-state index contributed by atoms with van der Waals surface area (Å²) in [5, 5.41) is 8.21. The van der Waals surface area contributed by atoms with Crippen LogP contribution in [0.2, 0.25) is 0 Å². The van der Waals surface area contributed by atoms with Gasteiger partial charge in [0, 0.05) is 60.9 Å². The van der Waals surface area contributed by atoms with E-state index in [-0.39, 0.29) is 25.1 Å². The lowest BCUT2D eigenvalue weighted by Crippen LogP contribution is -2.24. The lowest BCUT2D eigenvalue weighted by Gasteiger charge is -2.15. The van der Waals surface area contributed by atoms with Crippen molar-refractivity contribution in [2.24, 2.45) is 0 Å². The molecule has 0 radical (unpaired) electrons. The minimum absolute atomic E-state index is 0.0916. The number of pyridine rings is 3. The Morgan fingerprint density at radius 2 is 1.78 bits per heavy atom. The van der Waals surface area contributed by atoms with Crippen molar-refractivity contribution in [3.8, 4) is 33.9 Å². The minimum atomic E-state index is -3.22. The van der Waals surface area contributed by atoms with Gasteiger partial charge >= 0.3 is 0 Å². The summed E-state index contributed by atoms with van der Waals surface area (Å²) in [6.07, 6.45) is 9.42. The molecule has 6 aromatic rings. The van der Waals surface area contributed by atoms with Crippen molar-refractivity contribution in [3.63, 3.8) is 0 Å². The predicted octanol–water partition coefficient (Wildman–Crippen LogP) is 5.19. The molecular weight excluding hydrogens is 605 g/mol. The molecule has 45 heavy (non-hydrogen) atoms. The molecule has 1 fully saturated rings. The summed E-state index contributed by atoms with van der Waals surface area (Å²) in [6.45, 7) is 0.436. The molecule has 0 atom stereocenters. The Bertz CT molecular complexity index is 2180. The van der Waals surface area contributed by atoms with Gasteiger partial charge in [-0.05, 0) is 47.4 Å². The van der Waals surface area contributed by atoms with Crippen LogP contribution in [0.4, 0.5) is 13.2 Å². The smallest absolute Gasteiger partial charge is 0.261 e. The van der Waals surface area contributed by atoms with E-state index < -0.39 is 21.6 Å². The van der Waals surface area contributed by atoms with Crippen molar-refractivity contribution in [2.45, 2.75) is 25.3 Å². The SMILES string of the molecule is CS(=O)(=O)CCc1cc(F)cc(-c2cncc3[nH]c(-c4n[nH]c5cnc(-c6cncc(CN7CCC(F)(F)C7)c6)cc45)nc23)c1. The standard InChI is InChI=1S/C31H27F3N8O2S/c1-45(43,44)5-2-18-6-20(9-22(32)8-18)24-13-36-14-27-28(24)39-30(38-27)29-23-10-25(37-15-26(23)40-41-29)21-7-19(11-35-12-21)16-42-4-3-31(33,34)17-42/h6-15H,2-5,16-17H2,1H3,(H,38,39)(H,40,41). The van der Waals surface area contributed by atoms with Crippen molar-refractivity contribution in [2.75, 3.05) is 25.1 Å². The Labute approximate surface area is 255 Å². The number of aromatic amines is 2. The molecule has 0 saturated carbocycles. The van der Waals surface area contributed by atoms with E-state index in [9.17, 15) is 21.6 Å². The highest BCUT2D eigenvalue weighted by atomic mass is 32.2. The third-order valence-corrected chi connectivity index (χ3v) is 8.79. The number of alkyl halides is 2. The molecule has 1 aliphatic rings. The molecule has 6 heterocycles. The number of H-pyrrole nitrogens is 2. The third kappa shape index (κ3) is 6.15. The quantitative estimate of drug-likeness (QED) is 0.234. The molecule has 2 N–H and O–H groups in total. The summed E-state index contributed by atoms with van der Waals surface area (Å²) in [4.78, 5) is 23.0. The van der Waals surface area contributed by atoms with E-state index in [4.69, 9.17) is 4.98 Å². The molecule has 1 aliphatic heterocycles. The second-order valence-electron chi connectivity index (χ2n) is 11.5. The van der Waals surface area contributed by atoms with Crippen molar-refractivity contribution in [1.29, 1.82) is 0 Å². The number of nitrogens with zero attached hydrogens (tertiary/aromatic N) is 6. The zero-order valence-corrected chi connectivity index (χ0v) is 24.9. The van der Waals surface area contributed by atoms with Crippen LogP contribution in [0.5, 0.6) is 0 Å². The van der Waals surface area contributed by atoms with Crippen LogP contribution in [0.15, 0.2) is 61.3 Å². The molecule has 1 aromatic carbocycles. The average Bonchev–Trinajstić information content (AvgIpc) is 3.71. The first-order valence-electron chi connectivity index (χ1n) is 14.2. The fraction of sp³-hybridized carbons (Fsp3) is 0.258. The van der Waals surface area contributed by atoms with Crippen LogP contribution in [0.3, 0.4) is 0 Å². The van der Waals surface area contributed by atoms with Crippen LogP contribution < -0.4 is 0 Å². The molecule has 1 saturated heterocycles. The first-order chi connectivity index (χ1) is 21.5. The van der Waals surface area contributed by atoms with Gasteiger partial charge in [0.2, 0.25) is 0 Å². The summed E-state index contributed by atoms with van der Waals surface area (Å²) in [6, 6.07) is 8.22. The van der Waals surface area contributed by atoms with Gasteiger partial charge in [0.15, 0.2) is 5.82 Å². The summed E-state index contributed by atoms with van der Waals surface area (Å²) >= 11 is 0. The molecule has 230 valence electrons. The number of aromatic nitrogens is 7. The molecule has 0 bridgehead atoms. The van der Waals surface area contributed by atoms with Crippen LogP contribution in [0, 0.1) is 5.82 Å². The van der Waals surface area contributed by atoms with Gasteiger partial charge in [-0.1, -0.05) is 6.07 Å². The third-order valence-electron chi connectivity index (χ3n) is 7.84. The number of hydrogen-bond acceptors (Lipinski definition) is 8. The lowest BCUT2D eigenvalue weighted by molar-refractivity contribution is 0.0115. The molecule has 7 rings (SSSR count). The zero-order chi connectivity index (χ0) is 31.3. The number of rotatable bonds is 8. The van der Waals surface area contributed by atoms with Gasteiger partial charge in [0.05, 0.1) is 46.9 Å². The zero-order valence-electron chi connectivity index (χ0n) is 24.1. The number of sulfone groups is 1. The second kappa shape index (κ2) is 11.0. The van der Waals surface area contributed by atoms with E-state index in [0.717, 1.165) is 22.8 Å². The molecule has 5 aromatic heterocycles. The Morgan fingerprint density at radius 1 is 0.956 bits per heavy atom. The van der Waals surface area contributed by atoms with Crippen LogP contribution in [0.25, 0.3) is 55.8 Å². The number of hydrogen-bond donors (Lipinski definition) is 2. The number of likely N-dealkylation sites (tertiary alicyclic amines) is 1. The molecule has 0 aliphatic carbocycles. The van der Waals surface area contributed by atoms with Gasteiger partial charge < -0.3 is 4.98 Å². The maximum Gasteiger partial charge on any atom is 0.261 e. The van der Waals surface area contributed by atoms with Gasteiger partial charge in [-0.3, -0.25) is 25.0 Å². The maximum atomic E-state index is 14.6. The van der Waals surface area contributed by atoms with Crippen molar-refractivity contribution in [1.82, 2.24) is 40.0 Å². The van der Waals surface area contributed by atoms with Crippen molar-refractivity contribution >= 4 is 31.8 Å². The fourth-order valence-electron chi connectivity index (χ4n) is 5.68. The van der Waals surface area contributed by atoms with E-state index in [0.29, 0.717) is 63.5 Å². The van der Waals surface area contributed by atoms with Crippen molar-refractivity contribution in [3.05, 3.63) is 78.3 Å². The lowest BCUT2D eigenvalue weighted by atomic mass is 10.0. The largest absolute Gasteiger partial charge is 0.335 e. The van der Waals surface area contributed by atoms with E-state index in [1.54, 1.807) is 42.0 Å². The highest BCUT2D eigenvalue weighted by Gasteiger charge is 2.38. The number of nitrogens with one attached hydrogen (secondary N) is 2. The van der Waals surface area contributed by atoms with E-state index in [1.807, 2.05) is 12.1 Å². The van der Waals surface area contributed by atoms with Gasteiger partial charge in [0.25, 0.3) is 5.92 Å². The molecule has 10 nitrogen and oxygen atoms in total. The minimum Gasteiger partial charge on any atom is -0.335 e. The Balaban J connectivity index is 1.22. The topological polar surface area (TPSA) is 133 Å². The van der Waals surface area contributed by atoms with Crippen LogP contribution >= 0.6 is 0 Å². The Morgan fingerprint density at radius 3 is 2.58 bits per heavy atom. The molecule has 0 spiro atoms. The fourth-order valence-corrected chi connectivity index (χ4v) is 6.29. The van der Waals surface area contributed by atoms with Crippen LogP contribution in [-0.2, 0) is 22.8 Å². The predicted molar refractivity (Wildman–Crippen MR) is 164 cm³/mol. The maximum absolute atomic E-state index is 14.6. The summed E-state index contributed by atoms with van der Waals surface area (Å²) in [5.74, 6) is -2.79. The molecular formula is C31H27F3N8O2S. The van der Waals surface area contributed by atoms with Crippen LogP contribution in [-0.4, -0.2) is 79.5 Å². The monoisotopic (exact) mass is 632 g/mol. The van der Waals surface area contributed by atoms with E-state index in [2.05, 4.69) is 30.1 Å². The first-order valence-corrected chi connectivity index (χ1v) is 16.3. The van der Waals surface area contributed by atoms with Gasteiger partial charge in [0.1, 0.15) is 21.3 Å². The highest BCUT2D eigenvalue weighted by molar-refractivity contribution is 7.90. The summed E-state index contributed by atoms with van der Waals surface area (Å²) < 4.78 is 65.3. The van der Waals surface area contributed by atoms with Gasteiger partial charge in [-0.25, -0.2) is 26.6 Å². The number of imidazole rings is 1. The van der Waals surface area contributed by atoms with E-state index in [1.165, 1.54) is 12.1 Å². The van der Waals surface area contributed by atoms with Gasteiger partial charge in [-0.15, -0.1) is 0 Å². The number of aryl methyl sites for hydroxylation is 1. The summed E-state index contributed by atoms with van der Waals surface area (Å²) in [5.41, 5.74) is 6.21.